The summed E-state index contributed by atoms with van der Waals surface area (Å²) in [7, 11) is 4.01. The van der Waals surface area contributed by atoms with E-state index in [4.69, 9.17) is 0 Å². The van der Waals surface area contributed by atoms with E-state index in [0.717, 1.165) is 22.0 Å². The van der Waals surface area contributed by atoms with Crippen LogP contribution >= 0.6 is 12.4 Å². The highest BCUT2D eigenvalue weighted by Crippen LogP contribution is 2.30. The molecule has 3 nitrogen and oxygen atoms in total. The van der Waals surface area contributed by atoms with Crippen molar-refractivity contribution in [3.8, 4) is 0 Å². The molecule has 1 aromatic heterocycles. The molecule has 1 unspecified atom stereocenters. The maximum atomic E-state index is 13.7. The van der Waals surface area contributed by atoms with Gasteiger partial charge in [0, 0.05) is 36.3 Å². The Kier molecular flexibility index (Phi) is 6.53. The number of benzene rings is 3. The molecule has 4 rings (SSSR count). The van der Waals surface area contributed by atoms with E-state index in [1.165, 1.54) is 5.56 Å². The predicted molar refractivity (Wildman–Crippen MR) is 122 cm³/mol. The predicted octanol–water partition coefficient (Wildman–Crippen LogP) is 5.66. The van der Waals surface area contributed by atoms with Gasteiger partial charge in [0.05, 0.1) is 6.04 Å². The number of ketones is 1. The van der Waals surface area contributed by atoms with Crippen LogP contribution in [0.5, 0.6) is 0 Å². The maximum Gasteiger partial charge on any atom is 0.186 e. The van der Waals surface area contributed by atoms with E-state index in [2.05, 4.69) is 23.1 Å². The molecular formula is C25H25ClN2O. The summed E-state index contributed by atoms with van der Waals surface area (Å²) >= 11 is 0. The molecule has 0 saturated carbocycles. The smallest absolute Gasteiger partial charge is 0.186 e. The Morgan fingerprint density at radius 3 is 2.17 bits per heavy atom. The highest BCUT2D eigenvalue weighted by atomic mass is 35.5. The Balaban J connectivity index is 0.00000240. The lowest BCUT2D eigenvalue weighted by molar-refractivity contribution is 0.0844. The molecule has 0 aliphatic rings. The number of carbonyl (C=O) groups excluding carboxylic acids is 1. The van der Waals surface area contributed by atoms with Crippen LogP contribution in [0.4, 0.5) is 0 Å². The fourth-order valence-electron chi connectivity index (χ4n) is 3.89. The van der Waals surface area contributed by atoms with Crippen LogP contribution < -0.4 is 0 Å². The van der Waals surface area contributed by atoms with Crippen molar-refractivity contribution < 1.29 is 4.79 Å². The van der Waals surface area contributed by atoms with Crippen LogP contribution in [-0.2, 0) is 13.6 Å². The first-order valence-corrected chi connectivity index (χ1v) is 9.52. The monoisotopic (exact) mass is 404 g/mol. The number of likely N-dealkylation sites (N-methyl/N-ethyl adjacent to an activating group) is 1. The number of rotatable bonds is 6. The van der Waals surface area contributed by atoms with Gasteiger partial charge in [-0.05, 0) is 24.2 Å². The Morgan fingerprint density at radius 2 is 1.48 bits per heavy atom. The second-order valence-corrected chi connectivity index (χ2v) is 7.25. The summed E-state index contributed by atoms with van der Waals surface area (Å²) in [6.07, 6.45) is 1.96. The Bertz CT molecular complexity index is 1090. The van der Waals surface area contributed by atoms with Crippen LogP contribution in [-0.4, -0.2) is 22.3 Å². The van der Waals surface area contributed by atoms with E-state index in [9.17, 15) is 4.79 Å². The summed E-state index contributed by atoms with van der Waals surface area (Å²) in [5.74, 6) is 0.126. The lowest BCUT2D eigenvalue weighted by atomic mass is 9.95. The first-order chi connectivity index (χ1) is 13.6. The molecule has 1 atom stereocenters. The van der Waals surface area contributed by atoms with Crippen molar-refractivity contribution in [1.29, 1.82) is 0 Å². The van der Waals surface area contributed by atoms with Crippen molar-refractivity contribution in [2.24, 2.45) is 7.05 Å². The average Bonchev–Trinajstić information content (AvgIpc) is 3.07. The maximum absolute atomic E-state index is 13.7. The average molecular weight is 405 g/mol. The van der Waals surface area contributed by atoms with Crippen molar-refractivity contribution in [3.05, 3.63) is 108 Å². The number of hydrogen-bond donors (Lipinski definition) is 0. The molecule has 0 radical (unpaired) electrons. The Morgan fingerprint density at radius 1 is 0.897 bits per heavy atom. The SMILES string of the molecule is CN(Cc1ccccc1)C(C(=O)c1cn(C)c2ccccc12)c1ccccc1.Cl. The fraction of sp³-hybridized carbons (Fsp3) is 0.160. The number of halogens is 1. The number of para-hydroxylation sites is 1. The molecule has 4 heteroatoms. The molecule has 0 aliphatic carbocycles. The molecule has 0 spiro atoms. The van der Waals surface area contributed by atoms with Crippen molar-refractivity contribution in [1.82, 2.24) is 9.47 Å². The van der Waals surface area contributed by atoms with E-state index in [1.807, 2.05) is 91.6 Å². The van der Waals surface area contributed by atoms with Crippen LogP contribution in [0.3, 0.4) is 0 Å². The minimum atomic E-state index is -0.341. The molecule has 0 fully saturated rings. The molecule has 3 aromatic carbocycles. The van der Waals surface area contributed by atoms with Crippen molar-refractivity contribution in [2.75, 3.05) is 7.05 Å². The highest BCUT2D eigenvalue weighted by molar-refractivity contribution is 6.10. The van der Waals surface area contributed by atoms with E-state index in [-0.39, 0.29) is 24.2 Å². The molecule has 0 bridgehead atoms. The lowest BCUT2D eigenvalue weighted by Crippen LogP contribution is -2.30. The number of aryl methyl sites for hydroxylation is 1. The second kappa shape index (κ2) is 9.08. The van der Waals surface area contributed by atoms with Crippen molar-refractivity contribution in [2.45, 2.75) is 12.6 Å². The van der Waals surface area contributed by atoms with Gasteiger partial charge >= 0.3 is 0 Å². The van der Waals surface area contributed by atoms with Gasteiger partial charge in [-0.15, -0.1) is 12.4 Å². The minimum Gasteiger partial charge on any atom is -0.350 e. The van der Waals surface area contributed by atoms with E-state index in [0.29, 0.717) is 6.54 Å². The molecule has 0 aliphatic heterocycles. The Labute approximate surface area is 178 Å². The van der Waals surface area contributed by atoms with E-state index in [1.54, 1.807) is 0 Å². The van der Waals surface area contributed by atoms with Gasteiger partial charge in [0.1, 0.15) is 0 Å². The molecule has 0 N–H and O–H groups in total. The van der Waals surface area contributed by atoms with E-state index >= 15 is 0 Å². The number of hydrogen-bond acceptors (Lipinski definition) is 2. The van der Waals surface area contributed by atoms with Gasteiger partial charge in [-0.3, -0.25) is 9.69 Å². The first-order valence-electron chi connectivity index (χ1n) is 9.52. The zero-order chi connectivity index (χ0) is 19.5. The van der Waals surface area contributed by atoms with Gasteiger partial charge in [-0.1, -0.05) is 78.9 Å². The van der Waals surface area contributed by atoms with Crippen molar-refractivity contribution in [3.63, 3.8) is 0 Å². The minimum absolute atomic E-state index is 0. The summed E-state index contributed by atoms with van der Waals surface area (Å²) < 4.78 is 2.03. The van der Waals surface area contributed by atoms with Gasteiger partial charge in [0.15, 0.2) is 5.78 Å². The largest absolute Gasteiger partial charge is 0.350 e. The summed E-state index contributed by atoms with van der Waals surface area (Å²) in [6, 6.07) is 28.1. The Hall–Kier alpha value is -2.88. The van der Waals surface area contributed by atoms with Crippen LogP contribution in [0.2, 0.25) is 0 Å². The van der Waals surface area contributed by atoms with Gasteiger partial charge in [0.25, 0.3) is 0 Å². The molecule has 0 amide bonds. The lowest BCUT2D eigenvalue weighted by Gasteiger charge is -2.27. The summed E-state index contributed by atoms with van der Waals surface area (Å²) in [5, 5.41) is 1.00. The van der Waals surface area contributed by atoms with Gasteiger partial charge in [-0.25, -0.2) is 0 Å². The van der Waals surface area contributed by atoms with Crippen molar-refractivity contribution >= 4 is 29.1 Å². The number of fused-ring (bicyclic) bond motifs is 1. The molecule has 1 heterocycles. The van der Waals surface area contributed by atoms with Gasteiger partial charge in [-0.2, -0.15) is 0 Å². The third kappa shape index (κ3) is 4.26. The first kappa shape index (κ1) is 20.8. The molecule has 29 heavy (non-hydrogen) atoms. The topological polar surface area (TPSA) is 25.2 Å². The van der Waals surface area contributed by atoms with Crippen LogP contribution in [0.25, 0.3) is 10.9 Å². The number of aromatic nitrogens is 1. The van der Waals surface area contributed by atoms with Gasteiger partial charge in [0.2, 0.25) is 0 Å². The summed E-state index contributed by atoms with van der Waals surface area (Å²) in [5.41, 5.74) is 4.05. The second-order valence-electron chi connectivity index (χ2n) is 7.25. The summed E-state index contributed by atoms with van der Waals surface area (Å²) in [6.45, 7) is 0.705. The molecule has 4 aromatic rings. The third-order valence-electron chi connectivity index (χ3n) is 5.24. The van der Waals surface area contributed by atoms with Crippen LogP contribution in [0.1, 0.15) is 27.5 Å². The molecular weight excluding hydrogens is 380 g/mol. The number of carbonyl (C=O) groups is 1. The third-order valence-corrected chi connectivity index (χ3v) is 5.24. The number of nitrogens with zero attached hydrogens (tertiary/aromatic N) is 2. The number of Topliss-reactive ketones (excluding diaryl/α,β-unsaturated/α-hetero) is 1. The van der Waals surface area contributed by atoms with Crippen LogP contribution in [0.15, 0.2) is 91.1 Å². The van der Waals surface area contributed by atoms with E-state index < -0.39 is 0 Å². The standard InChI is InChI=1S/C25H24N2O.ClH/c1-26-18-22(21-15-9-10-16-23(21)26)25(28)24(20-13-7-4-8-14-20)27(2)17-19-11-5-3-6-12-19;/h3-16,18,24H,17H2,1-2H3;1H. The highest BCUT2D eigenvalue weighted by Gasteiger charge is 2.28. The summed E-state index contributed by atoms with van der Waals surface area (Å²) in [4.78, 5) is 15.9. The fourth-order valence-corrected chi connectivity index (χ4v) is 3.89. The zero-order valence-electron chi connectivity index (χ0n) is 16.7. The zero-order valence-corrected chi connectivity index (χ0v) is 17.5. The quantitative estimate of drug-likeness (QED) is 0.387. The molecule has 0 saturated heterocycles. The van der Waals surface area contributed by atoms with Crippen LogP contribution in [0, 0.1) is 0 Å². The van der Waals surface area contributed by atoms with Gasteiger partial charge < -0.3 is 4.57 Å². The molecule has 148 valence electrons. The normalized spacial score (nSPS) is 12.0.